The van der Waals surface area contributed by atoms with Crippen LogP contribution in [-0.4, -0.2) is 19.8 Å². The van der Waals surface area contributed by atoms with Gasteiger partial charge in [-0.3, -0.25) is 0 Å². The summed E-state index contributed by atoms with van der Waals surface area (Å²) in [5.41, 5.74) is 0. The van der Waals surface area contributed by atoms with Gasteiger partial charge in [-0.15, -0.1) is 11.6 Å². The fraction of sp³-hybridized carbons (Fsp3) is 0.143. The molecule has 0 saturated heterocycles. The minimum absolute atomic E-state index is 0.713. The number of methoxy groups -OCH3 is 1. The summed E-state index contributed by atoms with van der Waals surface area (Å²) in [5.74, 6) is 0. The summed E-state index contributed by atoms with van der Waals surface area (Å²) in [4.78, 5) is 0. The second kappa shape index (κ2) is 9.59. The molecule has 0 heterocycles. The van der Waals surface area contributed by atoms with Gasteiger partial charge in [0.1, 0.15) is 23.2 Å². The van der Waals surface area contributed by atoms with Gasteiger partial charge in [0, 0.05) is 13.5 Å². The second-order valence-corrected chi connectivity index (χ2v) is 8.66. The normalized spacial score (nSPS) is 10.6. The minimum Gasteiger partial charge on any atom is -0.348 e. The summed E-state index contributed by atoms with van der Waals surface area (Å²) < 4.78 is 5.72. The van der Waals surface area contributed by atoms with E-state index in [1.54, 1.807) is 7.11 Å². The third-order valence-electron chi connectivity index (χ3n) is 3.91. The molecule has 0 aliphatic rings. The molecule has 1 nitrogen and oxygen atoms in total. The number of benzene rings is 3. The first-order valence-electron chi connectivity index (χ1n) is 7.79. The molecule has 3 heteroatoms. The van der Waals surface area contributed by atoms with Crippen LogP contribution in [0.3, 0.4) is 0 Å². The number of hydrogen-bond acceptors (Lipinski definition) is 1. The van der Waals surface area contributed by atoms with E-state index in [0.717, 1.165) is 0 Å². The van der Waals surface area contributed by atoms with Gasteiger partial charge < -0.3 is 4.74 Å². The zero-order chi connectivity index (χ0) is 17.3. The van der Waals surface area contributed by atoms with Crippen LogP contribution in [0.1, 0.15) is 0 Å². The Morgan fingerprint density at radius 1 is 0.625 bits per heavy atom. The number of rotatable bonds is 5. The van der Waals surface area contributed by atoms with Crippen molar-refractivity contribution in [3.05, 3.63) is 91.0 Å². The zero-order valence-corrected chi connectivity index (χ0v) is 15.8. The molecular weight excluding hydrogens is 335 g/mol. The molecule has 0 aliphatic carbocycles. The Morgan fingerprint density at radius 3 is 1.17 bits per heavy atom. The molecule has 0 fully saturated rings. The van der Waals surface area contributed by atoms with Crippen LogP contribution in [0.2, 0.25) is 0 Å². The lowest BCUT2D eigenvalue weighted by atomic mass is 10.4. The average molecular weight is 358 g/mol. The molecule has 0 N–H and O–H groups in total. The third kappa shape index (κ3) is 3.87. The van der Waals surface area contributed by atoms with E-state index in [0.29, 0.717) is 6.35 Å². The predicted molar refractivity (Wildman–Crippen MR) is 109 cm³/mol. The van der Waals surface area contributed by atoms with Gasteiger partial charge in [-0.2, -0.15) is 0 Å². The zero-order valence-electron chi connectivity index (χ0n) is 14.1. The molecule has 124 valence electrons. The highest BCUT2D eigenvalue weighted by molar-refractivity contribution is 7.95. The molecule has 0 atom stereocenters. The lowest BCUT2D eigenvalue weighted by molar-refractivity contribution is 0.255. The van der Waals surface area contributed by atoms with Crippen molar-refractivity contribution >= 4 is 34.8 Å². The Labute approximate surface area is 150 Å². The number of alkyl halides is 1. The average Bonchev–Trinajstić information content (AvgIpc) is 2.70. The van der Waals surface area contributed by atoms with Crippen molar-refractivity contribution in [2.45, 2.75) is 0 Å². The van der Waals surface area contributed by atoms with E-state index in [1.165, 1.54) is 22.3 Å². The molecule has 0 aromatic heterocycles. The minimum atomic E-state index is -1.78. The van der Waals surface area contributed by atoms with E-state index >= 15 is 0 Å². The van der Waals surface area contributed by atoms with Gasteiger partial charge in [-0.25, -0.2) is 0 Å². The lowest BCUT2D eigenvalue weighted by Crippen LogP contribution is -2.33. The molecular formula is C21H23ClOP+. The predicted octanol–water partition coefficient (Wildman–Crippen LogP) is 4.44. The van der Waals surface area contributed by atoms with Crippen LogP contribution in [0.25, 0.3) is 0 Å². The maximum atomic E-state index is 5.72. The smallest absolute Gasteiger partial charge is 0.170 e. The monoisotopic (exact) mass is 357 g/mol. The Hall–Kier alpha value is -1.66. The van der Waals surface area contributed by atoms with Crippen molar-refractivity contribution in [2.75, 3.05) is 19.8 Å². The Bertz CT molecular complexity index is 605. The summed E-state index contributed by atoms with van der Waals surface area (Å²) >= 11 is 4.64. The van der Waals surface area contributed by atoms with Crippen LogP contribution in [0.4, 0.5) is 0 Å². The van der Waals surface area contributed by atoms with Gasteiger partial charge in [0.2, 0.25) is 0 Å². The summed E-state index contributed by atoms with van der Waals surface area (Å²) in [6, 6.07) is 32.3. The topological polar surface area (TPSA) is 9.23 Å². The Balaban J connectivity index is 0.00000100. The highest BCUT2D eigenvalue weighted by Gasteiger charge is 2.45. The first-order chi connectivity index (χ1) is 11.9. The first-order valence-corrected chi connectivity index (χ1v) is 10.5. The van der Waals surface area contributed by atoms with E-state index in [-0.39, 0.29) is 0 Å². The second-order valence-electron chi connectivity index (χ2n) is 5.23. The number of ether oxygens (including phenoxy) is 1. The lowest BCUT2D eigenvalue weighted by Gasteiger charge is -2.26. The van der Waals surface area contributed by atoms with Crippen molar-refractivity contribution in [2.24, 2.45) is 0 Å². The quantitative estimate of drug-likeness (QED) is 0.484. The third-order valence-corrected chi connectivity index (χ3v) is 8.10. The van der Waals surface area contributed by atoms with Gasteiger partial charge >= 0.3 is 0 Å². The fourth-order valence-corrected chi connectivity index (χ4v) is 6.68. The largest absolute Gasteiger partial charge is 0.348 e. The first kappa shape index (κ1) is 18.7. The van der Waals surface area contributed by atoms with Gasteiger partial charge in [0.25, 0.3) is 0 Å². The summed E-state index contributed by atoms with van der Waals surface area (Å²) in [6.45, 7) is 0. The van der Waals surface area contributed by atoms with Crippen LogP contribution < -0.4 is 15.9 Å². The number of halogens is 1. The van der Waals surface area contributed by atoms with E-state index < -0.39 is 7.26 Å². The van der Waals surface area contributed by atoms with Crippen molar-refractivity contribution < 1.29 is 4.74 Å². The number of hydrogen-bond donors (Lipinski definition) is 0. The van der Waals surface area contributed by atoms with Crippen LogP contribution in [0, 0.1) is 0 Å². The summed E-state index contributed by atoms with van der Waals surface area (Å²) in [6.07, 6.45) is 2.19. The van der Waals surface area contributed by atoms with Gasteiger partial charge in [-0.1, -0.05) is 54.6 Å². The van der Waals surface area contributed by atoms with E-state index in [4.69, 9.17) is 4.74 Å². The molecule has 0 saturated carbocycles. The van der Waals surface area contributed by atoms with Gasteiger partial charge in [-0.05, 0) is 36.4 Å². The molecule has 0 radical (unpaired) electrons. The SMILES string of the molecule is CCl.COC[P+](c1ccccc1)(c1ccccc1)c1ccccc1. The maximum absolute atomic E-state index is 5.72. The molecule has 0 unspecified atom stereocenters. The Morgan fingerprint density at radius 2 is 0.917 bits per heavy atom. The highest BCUT2D eigenvalue weighted by atomic mass is 35.5. The van der Waals surface area contributed by atoms with Crippen molar-refractivity contribution in [1.82, 2.24) is 0 Å². The fourth-order valence-electron chi connectivity index (χ4n) is 2.91. The van der Waals surface area contributed by atoms with Crippen molar-refractivity contribution in [1.29, 1.82) is 0 Å². The van der Waals surface area contributed by atoms with E-state index in [2.05, 4.69) is 103 Å². The maximum Gasteiger partial charge on any atom is 0.170 e. The van der Waals surface area contributed by atoms with E-state index in [1.807, 2.05) is 0 Å². The molecule has 3 aromatic rings. The molecule has 3 aromatic carbocycles. The molecule has 0 spiro atoms. The molecule has 0 aliphatic heterocycles. The summed E-state index contributed by atoms with van der Waals surface area (Å²) in [5, 5.41) is 4.07. The standard InChI is InChI=1S/C20H20OP.CH3Cl/c1-21-17-22(18-11-5-2-6-12-18,19-13-7-3-8-14-19)20-15-9-4-10-16-20;1-2/h2-16H,17H2,1H3;1H3/q+1;. The molecule has 24 heavy (non-hydrogen) atoms. The van der Waals surface area contributed by atoms with Crippen LogP contribution in [0.5, 0.6) is 0 Å². The van der Waals surface area contributed by atoms with Gasteiger partial charge in [0.15, 0.2) is 6.35 Å². The van der Waals surface area contributed by atoms with E-state index in [9.17, 15) is 0 Å². The molecule has 3 rings (SSSR count). The van der Waals surface area contributed by atoms with Gasteiger partial charge in [0.05, 0.1) is 0 Å². The molecule has 0 amide bonds. The highest BCUT2D eigenvalue weighted by Crippen LogP contribution is 2.54. The Kier molecular flexibility index (Phi) is 7.46. The van der Waals surface area contributed by atoms with Crippen LogP contribution in [-0.2, 0) is 4.74 Å². The molecule has 0 bridgehead atoms. The van der Waals surface area contributed by atoms with Crippen LogP contribution >= 0.6 is 18.9 Å². The van der Waals surface area contributed by atoms with Crippen molar-refractivity contribution in [3.8, 4) is 0 Å². The van der Waals surface area contributed by atoms with Crippen molar-refractivity contribution in [3.63, 3.8) is 0 Å². The summed E-state index contributed by atoms with van der Waals surface area (Å²) in [7, 11) is 0.0197. The van der Waals surface area contributed by atoms with Crippen LogP contribution in [0.15, 0.2) is 91.0 Å².